The van der Waals surface area contributed by atoms with Gasteiger partial charge in [-0.15, -0.1) is 0 Å². The Morgan fingerprint density at radius 1 is 1.33 bits per heavy atom. The summed E-state index contributed by atoms with van der Waals surface area (Å²) >= 11 is 0. The van der Waals surface area contributed by atoms with Crippen molar-refractivity contribution < 1.29 is 17.7 Å². The number of carbonyl (C=O) groups excluding carboxylic acids is 1. The summed E-state index contributed by atoms with van der Waals surface area (Å²) in [7, 11) is -3.39. The molecule has 0 bridgehead atoms. The Bertz CT molecular complexity index is 751. The average molecular weight is 400 g/mol. The molecule has 2 aliphatic rings. The minimum absolute atomic E-state index is 0.0913. The lowest BCUT2D eigenvalue weighted by Gasteiger charge is -2.44. The topological polar surface area (TPSA) is 109 Å². The van der Waals surface area contributed by atoms with Crippen LogP contribution in [-0.2, 0) is 16.4 Å². The molecule has 152 valence electrons. The molecule has 2 amide bonds. The monoisotopic (exact) mass is 399 g/mol. The first-order valence-electron chi connectivity index (χ1n) is 9.58. The summed E-state index contributed by atoms with van der Waals surface area (Å²) in [5.74, 6) is 1.19. The van der Waals surface area contributed by atoms with Crippen molar-refractivity contribution in [2.24, 2.45) is 0 Å². The molecule has 2 fully saturated rings. The predicted octanol–water partition coefficient (Wildman–Crippen LogP) is 1.33. The molecule has 27 heavy (non-hydrogen) atoms. The van der Waals surface area contributed by atoms with E-state index in [1.54, 1.807) is 4.90 Å². The van der Waals surface area contributed by atoms with Crippen molar-refractivity contribution in [1.82, 2.24) is 24.7 Å². The normalized spacial score (nSPS) is 19.1. The number of nitrogens with one attached hydrogen (secondary N) is 1. The van der Waals surface area contributed by atoms with Crippen LogP contribution in [0.4, 0.5) is 4.79 Å². The molecular formula is C17H29N5O4S. The molecule has 1 aliphatic carbocycles. The van der Waals surface area contributed by atoms with E-state index in [4.69, 9.17) is 4.52 Å². The second-order valence-electron chi connectivity index (χ2n) is 7.82. The zero-order valence-corrected chi connectivity index (χ0v) is 17.0. The second-order valence-corrected chi connectivity index (χ2v) is 9.75. The van der Waals surface area contributed by atoms with Crippen molar-refractivity contribution in [2.45, 2.75) is 64.0 Å². The van der Waals surface area contributed by atoms with Crippen molar-refractivity contribution in [2.75, 3.05) is 25.9 Å². The van der Waals surface area contributed by atoms with Crippen molar-refractivity contribution in [3.05, 3.63) is 11.7 Å². The molecule has 0 spiro atoms. The number of aromatic nitrogens is 2. The van der Waals surface area contributed by atoms with Crippen LogP contribution < -0.4 is 5.32 Å². The highest BCUT2D eigenvalue weighted by Crippen LogP contribution is 2.21. The second kappa shape index (κ2) is 8.14. The van der Waals surface area contributed by atoms with Gasteiger partial charge in [-0.05, 0) is 12.8 Å². The Morgan fingerprint density at radius 2 is 2.00 bits per heavy atom. The van der Waals surface area contributed by atoms with E-state index in [1.165, 1.54) is 10.6 Å². The van der Waals surface area contributed by atoms with Gasteiger partial charge in [0.05, 0.1) is 12.3 Å². The van der Waals surface area contributed by atoms with Crippen LogP contribution >= 0.6 is 0 Å². The van der Waals surface area contributed by atoms with Crippen LogP contribution in [0, 0.1) is 0 Å². The molecule has 3 rings (SSSR count). The summed E-state index contributed by atoms with van der Waals surface area (Å²) < 4.78 is 31.0. The van der Waals surface area contributed by atoms with Crippen LogP contribution in [-0.4, -0.2) is 71.8 Å². The third kappa shape index (κ3) is 4.98. The van der Waals surface area contributed by atoms with Gasteiger partial charge in [-0.3, -0.25) is 0 Å². The van der Waals surface area contributed by atoms with E-state index in [2.05, 4.69) is 15.5 Å². The van der Waals surface area contributed by atoms with E-state index in [1.807, 2.05) is 13.8 Å². The highest BCUT2D eigenvalue weighted by atomic mass is 32.2. The molecule has 1 saturated carbocycles. The van der Waals surface area contributed by atoms with E-state index in [-0.39, 0.29) is 30.6 Å². The summed E-state index contributed by atoms with van der Waals surface area (Å²) in [6.45, 7) is 5.02. The first-order valence-corrected chi connectivity index (χ1v) is 11.4. The van der Waals surface area contributed by atoms with Crippen LogP contribution in [0.3, 0.4) is 0 Å². The predicted molar refractivity (Wildman–Crippen MR) is 99.8 cm³/mol. The maximum absolute atomic E-state index is 12.3. The van der Waals surface area contributed by atoms with E-state index < -0.39 is 10.0 Å². The smallest absolute Gasteiger partial charge is 0.317 e. The summed E-state index contributed by atoms with van der Waals surface area (Å²) in [6.07, 6.45) is 5.95. The highest BCUT2D eigenvalue weighted by molar-refractivity contribution is 7.88. The van der Waals surface area contributed by atoms with Crippen LogP contribution in [0.2, 0.25) is 0 Å². The third-order valence-electron chi connectivity index (χ3n) is 5.20. The van der Waals surface area contributed by atoms with Gasteiger partial charge in [0.1, 0.15) is 0 Å². The summed E-state index contributed by atoms with van der Waals surface area (Å²) in [5, 5.41) is 6.95. The molecule has 0 radical (unpaired) electrons. The first-order chi connectivity index (χ1) is 12.7. The molecule has 0 unspecified atom stereocenters. The van der Waals surface area contributed by atoms with Gasteiger partial charge in [-0.1, -0.05) is 31.8 Å². The summed E-state index contributed by atoms with van der Waals surface area (Å²) in [5.41, 5.74) is 0. The summed E-state index contributed by atoms with van der Waals surface area (Å²) in [6, 6.07) is -0.0342. The van der Waals surface area contributed by atoms with E-state index in [9.17, 15) is 13.2 Å². The van der Waals surface area contributed by atoms with E-state index >= 15 is 0 Å². The Labute approximate surface area is 160 Å². The fourth-order valence-electron chi connectivity index (χ4n) is 3.57. The van der Waals surface area contributed by atoms with Gasteiger partial charge in [0, 0.05) is 38.0 Å². The van der Waals surface area contributed by atoms with Crippen molar-refractivity contribution in [1.29, 1.82) is 0 Å². The number of sulfonamides is 1. The average Bonchev–Trinajstić information content (AvgIpc) is 3.19. The van der Waals surface area contributed by atoms with E-state index in [0.29, 0.717) is 31.2 Å². The van der Waals surface area contributed by atoms with Gasteiger partial charge in [0.2, 0.25) is 15.9 Å². The minimum Gasteiger partial charge on any atom is -0.339 e. The highest BCUT2D eigenvalue weighted by Gasteiger charge is 2.39. The standard InChI is InChI=1S/C17H29N5O4S/c1-12(2)16-19-15(20-26-16)8-9-22(27(3,24)25)14-10-21(11-14)17(23)18-13-6-4-5-7-13/h12-14H,4-11H2,1-3H3,(H,18,23). The lowest BCUT2D eigenvalue weighted by atomic mass is 10.1. The van der Waals surface area contributed by atoms with Gasteiger partial charge in [-0.2, -0.15) is 9.29 Å². The van der Waals surface area contributed by atoms with Crippen molar-refractivity contribution in [3.63, 3.8) is 0 Å². The molecule has 1 saturated heterocycles. The molecule has 1 N–H and O–H groups in total. The number of hydrogen-bond donors (Lipinski definition) is 1. The number of carbonyl (C=O) groups is 1. The first kappa shape index (κ1) is 20.1. The van der Waals surface area contributed by atoms with Crippen LogP contribution in [0.25, 0.3) is 0 Å². The molecule has 0 aromatic carbocycles. The van der Waals surface area contributed by atoms with Crippen LogP contribution in [0.15, 0.2) is 4.52 Å². The van der Waals surface area contributed by atoms with Gasteiger partial charge in [-0.25, -0.2) is 13.2 Å². The molecule has 9 nitrogen and oxygen atoms in total. The fourth-order valence-corrected chi connectivity index (χ4v) is 4.67. The van der Waals surface area contributed by atoms with Gasteiger partial charge < -0.3 is 14.7 Å². The van der Waals surface area contributed by atoms with Gasteiger partial charge in [0.15, 0.2) is 5.82 Å². The van der Waals surface area contributed by atoms with Crippen LogP contribution in [0.5, 0.6) is 0 Å². The molecule has 1 aromatic rings. The molecule has 0 atom stereocenters. The molecule has 1 aromatic heterocycles. The maximum atomic E-state index is 12.3. The fraction of sp³-hybridized carbons (Fsp3) is 0.824. The number of nitrogens with zero attached hydrogens (tertiary/aromatic N) is 4. The van der Waals surface area contributed by atoms with Gasteiger partial charge in [0.25, 0.3) is 0 Å². The quantitative estimate of drug-likeness (QED) is 0.741. The third-order valence-corrected chi connectivity index (χ3v) is 6.53. The number of hydrogen-bond acceptors (Lipinski definition) is 6. The summed E-state index contributed by atoms with van der Waals surface area (Å²) in [4.78, 5) is 18.2. The molecule has 2 heterocycles. The Morgan fingerprint density at radius 3 is 2.56 bits per heavy atom. The molecule has 10 heteroatoms. The molecular weight excluding hydrogens is 370 g/mol. The minimum atomic E-state index is -3.39. The number of likely N-dealkylation sites (tertiary alicyclic amines) is 1. The SMILES string of the molecule is CC(C)c1nc(CCN(C2CN(C(=O)NC3CCCC3)C2)S(C)(=O)=O)no1. The van der Waals surface area contributed by atoms with E-state index in [0.717, 1.165) is 25.7 Å². The van der Waals surface area contributed by atoms with Crippen LogP contribution in [0.1, 0.15) is 57.2 Å². The lowest BCUT2D eigenvalue weighted by molar-refractivity contribution is 0.0995. The number of amides is 2. The Kier molecular flexibility index (Phi) is 6.05. The zero-order valence-electron chi connectivity index (χ0n) is 16.2. The van der Waals surface area contributed by atoms with Gasteiger partial charge >= 0.3 is 6.03 Å². The number of rotatable bonds is 7. The zero-order chi connectivity index (χ0) is 19.6. The largest absolute Gasteiger partial charge is 0.339 e. The van der Waals surface area contributed by atoms with Crippen molar-refractivity contribution >= 4 is 16.1 Å². The lowest BCUT2D eigenvalue weighted by Crippen LogP contribution is -2.64. The Balaban J connectivity index is 1.52. The Hall–Kier alpha value is -1.68. The maximum Gasteiger partial charge on any atom is 0.317 e. The van der Waals surface area contributed by atoms with Crippen molar-refractivity contribution in [3.8, 4) is 0 Å². The number of urea groups is 1. The molecule has 1 aliphatic heterocycles.